The molecule has 0 saturated carbocycles. The van der Waals surface area contributed by atoms with Crippen molar-refractivity contribution in [2.24, 2.45) is 0 Å². The van der Waals surface area contributed by atoms with E-state index in [1.165, 1.54) is 12.0 Å². The monoisotopic (exact) mass is 282 g/mol. The smallest absolute Gasteiger partial charge is 0.193 e. The van der Waals surface area contributed by atoms with E-state index in [4.69, 9.17) is 0 Å². The lowest BCUT2D eigenvalue weighted by atomic mass is 10.0. The molecule has 0 unspecified atom stereocenters. The summed E-state index contributed by atoms with van der Waals surface area (Å²) in [6, 6.07) is 17.5. The molecule has 2 rings (SSSR count). The van der Waals surface area contributed by atoms with Gasteiger partial charge in [0, 0.05) is 16.7 Å². The summed E-state index contributed by atoms with van der Waals surface area (Å²) in [5.41, 5.74) is 2.77. The second kappa shape index (κ2) is 6.68. The quantitative estimate of drug-likeness (QED) is 0.580. The number of ketones is 1. The maximum Gasteiger partial charge on any atom is 0.193 e. The van der Waals surface area contributed by atoms with Crippen LogP contribution in [0.5, 0.6) is 0 Å². The maximum atomic E-state index is 12.3. The van der Waals surface area contributed by atoms with Crippen LogP contribution in [0.25, 0.3) is 0 Å². The van der Waals surface area contributed by atoms with Gasteiger partial charge in [0.25, 0.3) is 0 Å². The first-order valence-corrected chi connectivity index (χ1v) is 7.52. The summed E-state index contributed by atoms with van der Waals surface area (Å²) in [5.74, 6) is 0.0875. The van der Waals surface area contributed by atoms with Crippen molar-refractivity contribution in [3.8, 4) is 0 Å². The fourth-order valence-electron chi connectivity index (χ4n) is 2.70. The van der Waals surface area contributed by atoms with Gasteiger partial charge in [-0.25, -0.2) is 0 Å². The van der Waals surface area contributed by atoms with Crippen molar-refractivity contribution in [3.05, 3.63) is 71.3 Å². The van der Waals surface area contributed by atoms with E-state index in [9.17, 15) is 4.79 Å². The van der Waals surface area contributed by atoms with E-state index in [0.29, 0.717) is 0 Å². The third kappa shape index (κ3) is 4.27. The van der Waals surface area contributed by atoms with Gasteiger partial charge in [-0.3, -0.25) is 4.79 Å². The minimum Gasteiger partial charge on any atom is -0.325 e. The van der Waals surface area contributed by atoms with E-state index in [1.807, 2.05) is 42.5 Å². The third-order valence-electron chi connectivity index (χ3n) is 3.69. The Kier molecular flexibility index (Phi) is 4.92. The molecule has 0 aromatic heterocycles. The lowest BCUT2D eigenvalue weighted by Gasteiger charge is -2.29. The van der Waals surface area contributed by atoms with Crippen LogP contribution in [0.3, 0.4) is 0 Å². The van der Waals surface area contributed by atoms with Crippen molar-refractivity contribution in [1.29, 1.82) is 0 Å². The highest BCUT2D eigenvalue weighted by molar-refractivity contribution is 6.08. The Labute approximate surface area is 127 Å². The number of rotatable bonds is 6. The molecule has 0 bridgehead atoms. The second-order valence-electron chi connectivity index (χ2n) is 6.21. The summed E-state index contributed by atoms with van der Waals surface area (Å²) in [5, 5.41) is 0. The van der Waals surface area contributed by atoms with Crippen LogP contribution in [0.4, 0.5) is 0 Å². The molecule has 0 spiro atoms. The largest absolute Gasteiger partial charge is 0.325 e. The number of benzene rings is 2. The van der Waals surface area contributed by atoms with Gasteiger partial charge in [0.15, 0.2) is 5.78 Å². The molecule has 110 valence electrons. The summed E-state index contributed by atoms with van der Waals surface area (Å²) in [7, 11) is 4.49. The molecule has 0 aliphatic heterocycles. The van der Waals surface area contributed by atoms with Crippen molar-refractivity contribution in [2.75, 3.05) is 20.6 Å². The predicted molar refractivity (Wildman–Crippen MR) is 87.3 cm³/mol. The van der Waals surface area contributed by atoms with Gasteiger partial charge in [-0.2, -0.15) is 0 Å². The molecule has 0 radical (unpaired) electrons. The normalized spacial score (nSPS) is 11.4. The highest BCUT2D eigenvalue weighted by Crippen LogP contribution is 2.14. The summed E-state index contributed by atoms with van der Waals surface area (Å²) in [4.78, 5) is 12.3. The molecule has 2 aromatic carbocycles. The fourth-order valence-corrected chi connectivity index (χ4v) is 2.70. The van der Waals surface area contributed by atoms with Crippen LogP contribution in [0.15, 0.2) is 54.6 Å². The molecule has 21 heavy (non-hydrogen) atoms. The first kappa shape index (κ1) is 15.5. The molecule has 0 N–H and O–H groups in total. The summed E-state index contributed by atoms with van der Waals surface area (Å²) in [6.07, 6.45) is 1.18. The van der Waals surface area contributed by atoms with Gasteiger partial charge >= 0.3 is 0 Å². The molecule has 0 aliphatic carbocycles. The van der Waals surface area contributed by atoms with Crippen LogP contribution < -0.4 is 0 Å². The number of carbonyl (C=O) groups is 1. The van der Waals surface area contributed by atoms with Gasteiger partial charge in [-0.05, 0) is 6.42 Å². The van der Waals surface area contributed by atoms with E-state index < -0.39 is 0 Å². The molecule has 2 aromatic rings. The van der Waals surface area contributed by atoms with Gasteiger partial charge in [-0.1, -0.05) is 61.5 Å². The van der Waals surface area contributed by atoms with Crippen molar-refractivity contribution in [2.45, 2.75) is 19.9 Å². The van der Waals surface area contributed by atoms with Crippen molar-refractivity contribution in [3.63, 3.8) is 0 Å². The Morgan fingerprint density at radius 3 is 2.05 bits per heavy atom. The standard InChI is InChI=1S/C19H24NO/c1-4-14-20(2,3)15-16-10-12-18(13-11-16)19(21)17-8-6-5-7-9-17/h5-13H,4,14-15H2,1-3H3/q+1. The average molecular weight is 282 g/mol. The Morgan fingerprint density at radius 2 is 1.48 bits per heavy atom. The predicted octanol–water partition coefficient (Wildman–Crippen LogP) is 3.90. The third-order valence-corrected chi connectivity index (χ3v) is 3.69. The molecule has 0 aliphatic rings. The molecule has 0 atom stereocenters. The van der Waals surface area contributed by atoms with Crippen LogP contribution in [0.2, 0.25) is 0 Å². The minimum absolute atomic E-state index is 0.0875. The Hall–Kier alpha value is -1.93. The molecule has 0 saturated heterocycles. The lowest BCUT2D eigenvalue weighted by molar-refractivity contribution is -0.903. The zero-order valence-corrected chi connectivity index (χ0v) is 13.2. The highest BCUT2D eigenvalue weighted by Gasteiger charge is 2.15. The number of hydrogen-bond acceptors (Lipinski definition) is 1. The van der Waals surface area contributed by atoms with E-state index in [-0.39, 0.29) is 5.78 Å². The first-order valence-electron chi connectivity index (χ1n) is 7.52. The zero-order valence-electron chi connectivity index (χ0n) is 13.2. The van der Waals surface area contributed by atoms with E-state index in [2.05, 4.69) is 33.2 Å². The Morgan fingerprint density at radius 1 is 0.905 bits per heavy atom. The van der Waals surface area contributed by atoms with Gasteiger partial charge in [0.05, 0.1) is 20.6 Å². The summed E-state index contributed by atoms with van der Waals surface area (Å²) in [6.45, 7) is 4.36. The minimum atomic E-state index is 0.0875. The fraction of sp³-hybridized carbons (Fsp3) is 0.316. The van der Waals surface area contributed by atoms with Crippen LogP contribution in [-0.2, 0) is 6.54 Å². The van der Waals surface area contributed by atoms with Gasteiger partial charge in [-0.15, -0.1) is 0 Å². The van der Waals surface area contributed by atoms with Crippen molar-refractivity contribution >= 4 is 5.78 Å². The molecule has 0 amide bonds. The number of carbonyl (C=O) groups excluding carboxylic acids is 1. The van der Waals surface area contributed by atoms with Gasteiger partial charge in [0.2, 0.25) is 0 Å². The van der Waals surface area contributed by atoms with Gasteiger partial charge in [0.1, 0.15) is 6.54 Å². The molecule has 2 heteroatoms. The van der Waals surface area contributed by atoms with E-state index in [0.717, 1.165) is 28.7 Å². The molecule has 0 fully saturated rings. The molecular weight excluding hydrogens is 258 g/mol. The molecule has 0 heterocycles. The van der Waals surface area contributed by atoms with E-state index in [1.54, 1.807) is 0 Å². The van der Waals surface area contributed by atoms with Crippen LogP contribution in [-0.4, -0.2) is 30.9 Å². The topological polar surface area (TPSA) is 17.1 Å². The first-order chi connectivity index (χ1) is 10.0. The maximum absolute atomic E-state index is 12.3. The van der Waals surface area contributed by atoms with Crippen molar-refractivity contribution < 1.29 is 9.28 Å². The lowest BCUT2D eigenvalue weighted by Crippen LogP contribution is -2.39. The zero-order chi connectivity index (χ0) is 15.3. The number of nitrogens with zero attached hydrogens (tertiary/aromatic N) is 1. The average Bonchev–Trinajstić information content (AvgIpc) is 2.48. The van der Waals surface area contributed by atoms with Crippen LogP contribution in [0, 0.1) is 0 Å². The van der Waals surface area contributed by atoms with Gasteiger partial charge < -0.3 is 4.48 Å². The van der Waals surface area contributed by atoms with Crippen LogP contribution in [0.1, 0.15) is 34.8 Å². The SMILES string of the molecule is CCC[N+](C)(C)Cc1ccc(C(=O)c2ccccc2)cc1. The summed E-state index contributed by atoms with van der Waals surface area (Å²) < 4.78 is 0.975. The Bertz CT molecular complexity index is 585. The number of quaternary nitrogens is 1. The molecular formula is C19H24NO+. The van der Waals surface area contributed by atoms with E-state index >= 15 is 0 Å². The number of hydrogen-bond donors (Lipinski definition) is 0. The Balaban J connectivity index is 2.11. The summed E-state index contributed by atoms with van der Waals surface area (Å²) >= 11 is 0. The highest BCUT2D eigenvalue weighted by atomic mass is 16.1. The second-order valence-corrected chi connectivity index (χ2v) is 6.21. The van der Waals surface area contributed by atoms with Crippen LogP contribution >= 0.6 is 0 Å². The van der Waals surface area contributed by atoms with Crippen molar-refractivity contribution in [1.82, 2.24) is 0 Å². The molecule has 2 nitrogen and oxygen atoms in total.